The molecule has 108 valence electrons. The number of fused-ring (bicyclic) bond motifs is 1. The van der Waals surface area contributed by atoms with Crippen LogP contribution < -0.4 is 4.90 Å². The van der Waals surface area contributed by atoms with Crippen LogP contribution in [0.1, 0.15) is 51.4 Å². The monoisotopic (exact) mass is 291 g/mol. The molecule has 0 unspecified atom stereocenters. The minimum atomic E-state index is -0.465. The van der Waals surface area contributed by atoms with Gasteiger partial charge in [-0.05, 0) is 39.8 Å². The summed E-state index contributed by atoms with van der Waals surface area (Å²) >= 11 is 1.57. The van der Waals surface area contributed by atoms with Gasteiger partial charge >= 0.3 is 0 Å². The van der Waals surface area contributed by atoms with Crippen molar-refractivity contribution in [2.45, 2.75) is 56.7 Å². The summed E-state index contributed by atoms with van der Waals surface area (Å²) in [6, 6.07) is 5.77. The highest BCUT2D eigenvalue weighted by Crippen LogP contribution is 2.46. The van der Waals surface area contributed by atoms with Gasteiger partial charge < -0.3 is 4.90 Å². The number of ketones is 1. The average molecular weight is 291 g/mol. The van der Waals surface area contributed by atoms with Crippen molar-refractivity contribution in [2.24, 2.45) is 0 Å². The molecule has 0 aliphatic carbocycles. The fourth-order valence-electron chi connectivity index (χ4n) is 2.40. The van der Waals surface area contributed by atoms with Crippen molar-refractivity contribution < 1.29 is 9.59 Å². The molecule has 0 saturated carbocycles. The molecule has 1 aliphatic rings. The van der Waals surface area contributed by atoms with E-state index >= 15 is 0 Å². The van der Waals surface area contributed by atoms with Gasteiger partial charge in [-0.25, -0.2) is 0 Å². The van der Waals surface area contributed by atoms with E-state index in [1.54, 1.807) is 11.8 Å². The van der Waals surface area contributed by atoms with E-state index in [4.69, 9.17) is 0 Å². The molecule has 0 radical (unpaired) electrons. The van der Waals surface area contributed by atoms with E-state index in [9.17, 15) is 9.59 Å². The van der Waals surface area contributed by atoms with Gasteiger partial charge in [0.1, 0.15) is 0 Å². The molecule has 1 aliphatic heterocycles. The van der Waals surface area contributed by atoms with Crippen LogP contribution in [0.3, 0.4) is 0 Å². The van der Waals surface area contributed by atoms with Gasteiger partial charge in [0.05, 0.1) is 10.4 Å². The molecule has 2 rings (SSSR count). The van der Waals surface area contributed by atoms with Crippen LogP contribution >= 0.6 is 11.8 Å². The van der Waals surface area contributed by atoms with Gasteiger partial charge in [0.25, 0.3) is 0 Å². The fraction of sp³-hybridized carbons (Fsp3) is 0.500. The lowest BCUT2D eigenvalue weighted by atomic mass is 10.0. The smallest absolute Gasteiger partial charge is 0.243 e. The number of carbonyl (C=O) groups excluding carboxylic acids is 2. The quantitative estimate of drug-likeness (QED) is 0.792. The molecule has 0 N–H and O–H groups in total. The number of amides is 1. The molecular formula is C16H21NO2S. The third kappa shape index (κ3) is 2.49. The van der Waals surface area contributed by atoms with Crippen molar-refractivity contribution in [1.82, 2.24) is 0 Å². The molecule has 0 aromatic heterocycles. The van der Waals surface area contributed by atoms with E-state index < -0.39 is 4.75 Å². The number of hydrogen-bond acceptors (Lipinski definition) is 3. The molecule has 1 heterocycles. The van der Waals surface area contributed by atoms with Gasteiger partial charge in [-0.1, -0.05) is 13.0 Å². The Bertz CT molecular complexity index is 564. The van der Waals surface area contributed by atoms with E-state index in [0.29, 0.717) is 12.0 Å². The first kappa shape index (κ1) is 15.1. The maximum atomic E-state index is 12.6. The van der Waals surface area contributed by atoms with Gasteiger partial charge in [-0.15, -0.1) is 11.8 Å². The van der Waals surface area contributed by atoms with Crippen molar-refractivity contribution >= 4 is 29.1 Å². The summed E-state index contributed by atoms with van der Waals surface area (Å²) in [5.74, 6) is 0.213. The van der Waals surface area contributed by atoms with Gasteiger partial charge in [-0.3, -0.25) is 9.59 Å². The Morgan fingerprint density at radius 1 is 1.35 bits per heavy atom. The molecule has 4 heteroatoms. The molecule has 0 bridgehead atoms. The standard InChI is InChI=1S/C16H21NO2S/c1-6-13(18)11-7-8-14-12(9-11)17(10(2)3)15(19)16(4,5)20-14/h7-10H,6H2,1-5H3. The summed E-state index contributed by atoms with van der Waals surface area (Å²) < 4.78 is -0.465. The van der Waals surface area contributed by atoms with E-state index in [0.717, 1.165) is 10.6 Å². The predicted octanol–water partition coefficient (Wildman–Crippen LogP) is 3.91. The predicted molar refractivity (Wildman–Crippen MR) is 83.6 cm³/mol. The number of nitrogens with zero attached hydrogens (tertiary/aromatic N) is 1. The van der Waals surface area contributed by atoms with Gasteiger partial charge in [0.2, 0.25) is 5.91 Å². The lowest BCUT2D eigenvalue weighted by molar-refractivity contribution is -0.120. The second kappa shape index (κ2) is 5.24. The number of thioether (sulfide) groups is 1. The molecule has 0 saturated heterocycles. The lowest BCUT2D eigenvalue weighted by Gasteiger charge is -2.40. The van der Waals surface area contributed by atoms with Crippen LogP contribution in [0.4, 0.5) is 5.69 Å². The molecular weight excluding hydrogens is 270 g/mol. The lowest BCUT2D eigenvalue weighted by Crippen LogP contribution is -2.49. The second-order valence-corrected chi connectivity index (χ2v) is 7.51. The molecule has 3 nitrogen and oxygen atoms in total. The van der Waals surface area contributed by atoms with Crippen LogP contribution in [-0.2, 0) is 4.79 Å². The number of Topliss-reactive ketones (excluding diaryl/α,β-unsaturated/α-hetero) is 1. The van der Waals surface area contributed by atoms with Crippen LogP contribution in [0.2, 0.25) is 0 Å². The van der Waals surface area contributed by atoms with Gasteiger partial charge in [0, 0.05) is 22.9 Å². The molecule has 1 aromatic carbocycles. The number of carbonyl (C=O) groups is 2. The molecule has 1 amide bonds. The van der Waals surface area contributed by atoms with Crippen LogP contribution in [0.25, 0.3) is 0 Å². The average Bonchev–Trinajstić information content (AvgIpc) is 2.38. The number of anilines is 1. The first-order chi connectivity index (χ1) is 9.27. The summed E-state index contributed by atoms with van der Waals surface area (Å²) in [7, 11) is 0. The SMILES string of the molecule is CCC(=O)c1ccc2c(c1)N(C(C)C)C(=O)C(C)(C)S2. The third-order valence-electron chi connectivity index (χ3n) is 3.48. The normalized spacial score (nSPS) is 17.3. The van der Waals surface area contributed by atoms with E-state index in [-0.39, 0.29) is 17.7 Å². The van der Waals surface area contributed by atoms with Crippen LogP contribution in [0.15, 0.2) is 23.1 Å². The maximum absolute atomic E-state index is 12.6. The van der Waals surface area contributed by atoms with Crippen LogP contribution in [-0.4, -0.2) is 22.5 Å². The first-order valence-electron chi connectivity index (χ1n) is 6.98. The van der Waals surface area contributed by atoms with E-state index in [1.165, 1.54) is 0 Å². The Labute approximate surface area is 124 Å². The minimum Gasteiger partial charge on any atom is -0.308 e. The highest BCUT2D eigenvalue weighted by molar-refractivity contribution is 8.01. The fourth-order valence-corrected chi connectivity index (χ4v) is 3.53. The summed E-state index contributed by atoms with van der Waals surface area (Å²) in [4.78, 5) is 27.4. The zero-order chi connectivity index (χ0) is 15.1. The van der Waals surface area contributed by atoms with E-state index in [2.05, 4.69) is 0 Å². The van der Waals surface area contributed by atoms with E-state index in [1.807, 2.05) is 57.7 Å². The number of benzene rings is 1. The topological polar surface area (TPSA) is 37.4 Å². The number of rotatable bonds is 3. The molecule has 1 aromatic rings. The molecule has 20 heavy (non-hydrogen) atoms. The highest BCUT2D eigenvalue weighted by Gasteiger charge is 2.41. The summed E-state index contributed by atoms with van der Waals surface area (Å²) in [6.07, 6.45) is 0.479. The summed E-state index contributed by atoms with van der Waals surface area (Å²) in [6.45, 7) is 9.75. The van der Waals surface area contributed by atoms with Crippen molar-refractivity contribution in [2.75, 3.05) is 4.90 Å². The Balaban J connectivity index is 2.57. The number of hydrogen-bond donors (Lipinski definition) is 0. The van der Waals surface area contributed by atoms with Crippen molar-refractivity contribution in [3.63, 3.8) is 0 Å². The van der Waals surface area contributed by atoms with Gasteiger partial charge in [0.15, 0.2) is 5.78 Å². The van der Waals surface area contributed by atoms with Crippen molar-refractivity contribution in [3.05, 3.63) is 23.8 Å². The van der Waals surface area contributed by atoms with Crippen molar-refractivity contribution in [3.8, 4) is 0 Å². The highest BCUT2D eigenvalue weighted by atomic mass is 32.2. The third-order valence-corrected chi connectivity index (χ3v) is 4.73. The Kier molecular flexibility index (Phi) is 3.96. The Morgan fingerprint density at radius 2 is 2.00 bits per heavy atom. The van der Waals surface area contributed by atoms with Crippen LogP contribution in [0.5, 0.6) is 0 Å². The molecule has 0 atom stereocenters. The first-order valence-corrected chi connectivity index (χ1v) is 7.79. The summed E-state index contributed by atoms with van der Waals surface area (Å²) in [5.41, 5.74) is 1.55. The zero-order valence-corrected chi connectivity index (χ0v) is 13.5. The summed E-state index contributed by atoms with van der Waals surface area (Å²) in [5, 5.41) is 0. The largest absolute Gasteiger partial charge is 0.308 e. The maximum Gasteiger partial charge on any atom is 0.243 e. The molecule has 0 fully saturated rings. The molecule has 0 spiro atoms. The van der Waals surface area contributed by atoms with Crippen molar-refractivity contribution in [1.29, 1.82) is 0 Å². The second-order valence-electron chi connectivity index (χ2n) is 5.84. The minimum absolute atomic E-state index is 0.0772. The van der Waals surface area contributed by atoms with Gasteiger partial charge in [-0.2, -0.15) is 0 Å². The Morgan fingerprint density at radius 3 is 2.55 bits per heavy atom. The Hall–Kier alpha value is -1.29. The van der Waals surface area contributed by atoms with Crippen LogP contribution in [0, 0.1) is 0 Å². The zero-order valence-electron chi connectivity index (χ0n) is 12.7.